The number of unbranched alkanes of at least 4 members (excludes halogenated alkanes) is 4. The molecule has 0 amide bonds. The van der Waals surface area contributed by atoms with Crippen LogP contribution in [0.25, 0.3) is 0 Å². The van der Waals surface area contributed by atoms with Gasteiger partial charge in [-0.15, -0.1) is 0 Å². The zero-order chi connectivity index (χ0) is 13.1. The zero-order valence-corrected chi connectivity index (χ0v) is 12.0. The second-order valence-electron chi connectivity index (χ2n) is 4.81. The number of anilines is 2. The summed E-state index contributed by atoms with van der Waals surface area (Å²) in [6.45, 7) is 6.62. The Morgan fingerprint density at radius 1 is 0.722 bits per heavy atom. The predicted octanol–water partition coefficient (Wildman–Crippen LogP) is 4.89. The predicted molar refractivity (Wildman–Crippen MR) is 82.5 cm³/mol. The lowest BCUT2D eigenvalue weighted by Gasteiger charge is -2.13. The molecule has 0 aromatic heterocycles. The first-order chi connectivity index (χ1) is 8.88. The average molecular weight is 248 g/mol. The van der Waals surface area contributed by atoms with Crippen LogP contribution in [0.1, 0.15) is 52.4 Å². The smallest absolute Gasteiger partial charge is 0.0575 e. The minimum absolute atomic E-state index is 1.07. The summed E-state index contributed by atoms with van der Waals surface area (Å²) < 4.78 is 0. The van der Waals surface area contributed by atoms with Crippen LogP contribution < -0.4 is 10.6 Å². The molecule has 2 heteroatoms. The van der Waals surface area contributed by atoms with Crippen LogP contribution in [0.2, 0.25) is 0 Å². The quantitative estimate of drug-likeness (QED) is 0.576. The first-order valence-electron chi connectivity index (χ1n) is 7.45. The average Bonchev–Trinajstić information content (AvgIpc) is 2.41. The van der Waals surface area contributed by atoms with Crippen LogP contribution in [-0.2, 0) is 0 Å². The van der Waals surface area contributed by atoms with Gasteiger partial charge in [-0.2, -0.15) is 0 Å². The summed E-state index contributed by atoms with van der Waals surface area (Å²) in [4.78, 5) is 0. The van der Waals surface area contributed by atoms with E-state index in [0.717, 1.165) is 13.1 Å². The van der Waals surface area contributed by atoms with Crippen LogP contribution in [0, 0.1) is 0 Å². The fourth-order valence-electron chi connectivity index (χ4n) is 1.99. The number of para-hydroxylation sites is 2. The van der Waals surface area contributed by atoms with E-state index in [4.69, 9.17) is 0 Å². The molecule has 102 valence electrons. The molecular weight excluding hydrogens is 220 g/mol. The normalized spacial score (nSPS) is 10.3. The maximum Gasteiger partial charge on any atom is 0.0575 e. The van der Waals surface area contributed by atoms with Gasteiger partial charge in [0.15, 0.2) is 0 Å². The number of benzene rings is 1. The van der Waals surface area contributed by atoms with E-state index in [1.807, 2.05) is 0 Å². The lowest BCUT2D eigenvalue weighted by atomic mass is 10.2. The minimum atomic E-state index is 1.07. The van der Waals surface area contributed by atoms with Gasteiger partial charge in [0.05, 0.1) is 11.4 Å². The molecular formula is C16H28N2. The SMILES string of the molecule is CCCCCNc1ccccc1NCCCCC. The van der Waals surface area contributed by atoms with Crippen molar-refractivity contribution in [3.63, 3.8) is 0 Å². The van der Waals surface area contributed by atoms with Crippen molar-refractivity contribution < 1.29 is 0 Å². The topological polar surface area (TPSA) is 24.1 Å². The monoisotopic (exact) mass is 248 g/mol. The molecule has 1 rings (SSSR count). The maximum absolute atomic E-state index is 3.53. The zero-order valence-electron chi connectivity index (χ0n) is 12.0. The van der Waals surface area contributed by atoms with Gasteiger partial charge in [-0.25, -0.2) is 0 Å². The van der Waals surface area contributed by atoms with Gasteiger partial charge in [-0.3, -0.25) is 0 Å². The molecule has 0 aliphatic rings. The summed E-state index contributed by atoms with van der Waals surface area (Å²) in [5.41, 5.74) is 2.48. The number of nitrogens with one attached hydrogen (secondary N) is 2. The summed E-state index contributed by atoms with van der Waals surface area (Å²) in [7, 11) is 0. The Morgan fingerprint density at radius 2 is 1.17 bits per heavy atom. The molecule has 0 atom stereocenters. The molecule has 1 aromatic rings. The highest BCUT2D eigenvalue weighted by atomic mass is 14.9. The number of hydrogen-bond acceptors (Lipinski definition) is 2. The Bertz CT molecular complexity index is 279. The molecule has 0 fully saturated rings. The molecule has 2 nitrogen and oxygen atoms in total. The largest absolute Gasteiger partial charge is 0.383 e. The Balaban J connectivity index is 2.36. The number of rotatable bonds is 10. The first-order valence-corrected chi connectivity index (χ1v) is 7.45. The van der Waals surface area contributed by atoms with E-state index >= 15 is 0 Å². The van der Waals surface area contributed by atoms with E-state index in [1.54, 1.807) is 0 Å². The second kappa shape index (κ2) is 9.81. The fourth-order valence-corrected chi connectivity index (χ4v) is 1.99. The van der Waals surface area contributed by atoms with E-state index in [-0.39, 0.29) is 0 Å². The van der Waals surface area contributed by atoms with Gasteiger partial charge < -0.3 is 10.6 Å². The summed E-state index contributed by atoms with van der Waals surface area (Å²) in [5.74, 6) is 0. The third-order valence-electron chi connectivity index (χ3n) is 3.12. The van der Waals surface area contributed by atoms with Gasteiger partial charge in [0.1, 0.15) is 0 Å². The van der Waals surface area contributed by atoms with Crippen molar-refractivity contribution in [2.24, 2.45) is 0 Å². The molecule has 0 bridgehead atoms. The summed E-state index contributed by atoms with van der Waals surface area (Å²) in [6, 6.07) is 8.51. The Labute approximate surface area is 112 Å². The molecule has 0 saturated carbocycles. The van der Waals surface area contributed by atoms with E-state index in [0.29, 0.717) is 0 Å². The molecule has 0 aliphatic heterocycles. The van der Waals surface area contributed by atoms with Crippen molar-refractivity contribution in [2.75, 3.05) is 23.7 Å². The van der Waals surface area contributed by atoms with E-state index in [1.165, 1.54) is 49.9 Å². The van der Waals surface area contributed by atoms with Crippen molar-refractivity contribution in [3.8, 4) is 0 Å². The molecule has 0 saturated heterocycles. The molecule has 0 heterocycles. The highest BCUT2D eigenvalue weighted by Gasteiger charge is 1.99. The summed E-state index contributed by atoms with van der Waals surface area (Å²) in [5, 5.41) is 7.05. The van der Waals surface area contributed by atoms with Crippen molar-refractivity contribution >= 4 is 11.4 Å². The standard InChI is InChI=1S/C16H28N2/c1-3-5-9-13-17-15-11-7-8-12-16(15)18-14-10-6-4-2/h7-8,11-12,17-18H,3-6,9-10,13-14H2,1-2H3. The van der Waals surface area contributed by atoms with Crippen LogP contribution in [-0.4, -0.2) is 13.1 Å². The Morgan fingerprint density at radius 3 is 1.56 bits per heavy atom. The van der Waals surface area contributed by atoms with Gasteiger partial charge in [-0.1, -0.05) is 51.7 Å². The number of hydrogen-bond donors (Lipinski definition) is 2. The van der Waals surface area contributed by atoms with Crippen molar-refractivity contribution in [2.45, 2.75) is 52.4 Å². The molecule has 0 unspecified atom stereocenters. The third kappa shape index (κ3) is 5.95. The van der Waals surface area contributed by atoms with Crippen molar-refractivity contribution in [1.82, 2.24) is 0 Å². The van der Waals surface area contributed by atoms with Gasteiger partial charge in [0.2, 0.25) is 0 Å². The van der Waals surface area contributed by atoms with Crippen LogP contribution in [0.4, 0.5) is 11.4 Å². The second-order valence-corrected chi connectivity index (χ2v) is 4.81. The van der Waals surface area contributed by atoms with Crippen molar-refractivity contribution in [1.29, 1.82) is 0 Å². The highest BCUT2D eigenvalue weighted by Crippen LogP contribution is 2.21. The van der Waals surface area contributed by atoms with Gasteiger partial charge in [0.25, 0.3) is 0 Å². The molecule has 0 radical (unpaired) electrons. The van der Waals surface area contributed by atoms with Crippen LogP contribution >= 0.6 is 0 Å². The first kappa shape index (κ1) is 14.9. The minimum Gasteiger partial charge on any atom is -0.383 e. The molecule has 18 heavy (non-hydrogen) atoms. The maximum atomic E-state index is 3.53. The molecule has 0 aliphatic carbocycles. The summed E-state index contributed by atoms with van der Waals surface area (Å²) >= 11 is 0. The van der Waals surface area contributed by atoms with Gasteiger partial charge in [0, 0.05) is 13.1 Å². The van der Waals surface area contributed by atoms with E-state index < -0.39 is 0 Å². The Kier molecular flexibility index (Phi) is 8.11. The van der Waals surface area contributed by atoms with Crippen molar-refractivity contribution in [3.05, 3.63) is 24.3 Å². The molecule has 0 spiro atoms. The van der Waals surface area contributed by atoms with Crippen LogP contribution in [0.5, 0.6) is 0 Å². The fraction of sp³-hybridized carbons (Fsp3) is 0.625. The third-order valence-corrected chi connectivity index (χ3v) is 3.12. The van der Waals surface area contributed by atoms with Crippen LogP contribution in [0.3, 0.4) is 0 Å². The lowest BCUT2D eigenvalue weighted by Crippen LogP contribution is -2.07. The molecule has 1 aromatic carbocycles. The van der Waals surface area contributed by atoms with Crippen LogP contribution in [0.15, 0.2) is 24.3 Å². The Hall–Kier alpha value is -1.18. The van der Waals surface area contributed by atoms with Gasteiger partial charge in [-0.05, 0) is 25.0 Å². The van der Waals surface area contributed by atoms with E-state index in [9.17, 15) is 0 Å². The summed E-state index contributed by atoms with van der Waals surface area (Å²) in [6.07, 6.45) is 7.66. The van der Waals surface area contributed by atoms with Gasteiger partial charge >= 0.3 is 0 Å². The van der Waals surface area contributed by atoms with E-state index in [2.05, 4.69) is 48.7 Å². The molecule has 2 N–H and O–H groups in total. The lowest BCUT2D eigenvalue weighted by molar-refractivity contribution is 0.741. The highest BCUT2D eigenvalue weighted by molar-refractivity contribution is 5.68.